The van der Waals surface area contributed by atoms with E-state index in [1.54, 1.807) is 0 Å². The molecular weight excluding hydrogens is 305 g/mol. The highest BCUT2D eigenvalue weighted by Gasteiger charge is 2.49. The number of carbonyl (C=O) groups excluding carboxylic acids is 1. The Labute approximate surface area is 112 Å². The summed E-state index contributed by atoms with van der Waals surface area (Å²) < 4.78 is 71.5. The third-order valence-electron chi connectivity index (χ3n) is 2.08. The average molecular weight is 314 g/mol. The summed E-state index contributed by atoms with van der Waals surface area (Å²) in [6.07, 6.45) is 0. The molecule has 1 rings (SSSR count). The van der Waals surface area contributed by atoms with Crippen LogP contribution in [0.15, 0.2) is 18.2 Å². The van der Waals surface area contributed by atoms with Gasteiger partial charge in [0.25, 0.3) is 0 Å². The highest BCUT2D eigenvalue weighted by molar-refractivity contribution is 7.88. The third kappa shape index (κ3) is 3.32. The van der Waals surface area contributed by atoms with Gasteiger partial charge >= 0.3 is 21.6 Å². The summed E-state index contributed by atoms with van der Waals surface area (Å²) in [5, 5.41) is 0. The van der Waals surface area contributed by atoms with Crippen molar-refractivity contribution in [3.63, 3.8) is 0 Å². The largest absolute Gasteiger partial charge is 0.534 e. The van der Waals surface area contributed by atoms with Gasteiger partial charge in [0.2, 0.25) is 0 Å². The first-order valence-electron chi connectivity index (χ1n) is 4.89. The zero-order valence-electron chi connectivity index (χ0n) is 10.2. The van der Waals surface area contributed by atoms with Crippen molar-refractivity contribution in [3.8, 4) is 11.5 Å². The number of alkyl halides is 3. The minimum Gasteiger partial charge on any atom is -0.497 e. The van der Waals surface area contributed by atoms with Crippen molar-refractivity contribution in [3.05, 3.63) is 23.8 Å². The Balaban J connectivity index is 3.29. The molecule has 20 heavy (non-hydrogen) atoms. The molecular formula is C10H9F3O6S. The molecule has 0 unspecified atom stereocenters. The lowest BCUT2D eigenvalue weighted by atomic mass is 10.2. The van der Waals surface area contributed by atoms with Crippen LogP contribution in [0.1, 0.15) is 10.4 Å². The zero-order chi connectivity index (χ0) is 15.6. The summed E-state index contributed by atoms with van der Waals surface area (Å²) >= 11 is 0. The van der Waals surface area contributed by atoms with E-state index in [4.69, 9.17) is 4.74 Å². The first-order chi connectivity index (χ1) is 9.12. The second kappa shape index (κ2) is 5.57. The van der Waals surface area contributed by atoms with Crippen molar-refractivity contribution in [1.82, 2.24) is 0 Å². The number of halogens is 3. The summed E-state index contributed by atoms with van der Waals surface area (Å²) in [5.41, 5.74) is -6.12. The van der Waals surface area contributed by atoms with Gasteiger partial charge in [-0.25, -0.2) is 4.79 Å². The predicted molar refractivity (Wildman–Crippen MR) is 59.9 cm³/mol. The van der Waals surface area contributed by atoms with Gasteiger partial charge in [0.05, 0.1) is 14.2 Å². The number of ether oxygens (including phenoxy) is 2. The SMILES string of the molecule is COC(=O)c1cc(OC)ccc1OS(=O)(=O)C(F)(F)F. The van der Waals surface area contributed by atoms with Crippen molar-refractivity contribution >= 4 is 16.1 Å². The van der Waals surface area contributed by atoms with Gasteiger partial charge in [-0.05, 0) is 18.2 Å². The molecule has 0 atom stereocenters. The summed E-state index contributed by atoms with van der Waals surface area (Å²) in [4.78, 5) is 11.4. The fraction of sp³-hybridized carbons (Fsp3) is 0.300. The molecule has 0 aliphatic rings. The molecule has 1 aromatic rings. The molecule has 0 saturated heterocycles. The number of rotatable bonds is 4. The van der Waals surface area contributed by atoms with Crippen LogP contribution in [0.5, 0.6) is 11.5 Å². The van der Waals surface area contributed by atoms with E-state index < -0.39 is 32.9 Å². The molecule has 0 amide bonds. The molecule has 0 fully saturated rings. The summed E-state index contributed by atoms with van der Waals surface area (Å²) in [6.45, 7) is 0. The van der Waals surface area contributed by atoms with E-state index in [1.807, 2.05) is 0 Å². The van der Waals surface area contributed by atoms with Crippen LogP contribution in [-0.4, -0.2) is 34.1 Å². The summed E-state index contributed by atoms with van der Waals surface area (Å²) in [5.74, 6) is -1.77. The maximum absolute atomic E-state index is 12.2. The number of carbonyl (C=O) groups is 1. The van der Waals surface area contributed by atoms with E-state index in [-0.39, 0.29) is 5.75 Å². The quantitative estimate of drug-likeness (QED) is 0.478. The van der Waals surface area contributed by atoms with E-state index >= 15 is 0 Å². The van der Waals surface area contributed by atoms with Crippen LogP contribution >= 0.6 is 0 Å². The Morgan fingerprint density at radius 2 is 1.80 bits per heavy atom. The van der Waals surface area contributed by atoms with Gasteiger partial charge in [0, 0.05) is 0 Å². The molecule has 0 N–H and O–H groups in total. The number of hydrogen-bond donors (Lipinski definition) is 0. The van der Waals surface area contributed by atoms with E-state index in [0.29, 0.717) is 0 Å². The Kier molecular flexibility index (Phi) is 4.48. The van der Waals surface area contributed by atoms with Crippen molar-refractivity contribution < 1.29 is 40.0 Å². The molecule has 0 aliphatic carbocycles. The molecule has 0 saturated carbocycles. The first kappa shape index (κ1) is 16.1. The van der Waals surface area contributed by atoms with Crippen LogP contribution in [0.2, 0.25) is 0 Å². The van der Waals surface area contributed by atoms with Crippen LogP contribution in [0.25, 0.3) is 0 Å². The molecule has 6 nitrogen and oxygen atoms in total. The fourth-order valence-electron chi connectivity index (χ4n) is 1.14. The Morgan fingerprint density at radius 1 is 1.20 bits per heavy atom. The summed E-state index contributed by atoms with van der Waals surface area (Å²) in [7, 11) is -3.65. The number of esters is 1. The number of hydrogen-bond acceptors (Lipinski definition) is 6. The van der Waals surface area contributed by atoms with Gasteiger partial charge in [-0.3, -0.25) is 0 Å². The average Bonchev–Trinajstić information content (AvgIpc) is 2.36. The second-order valence-corrected chi connectivity index (χ2v) is 4.87. The second-order valence-electron chi connectivity index (χ2n) is 3.34. The molecule has 0 heterocycles. The smallest absolute Gasteiger partial charge is 0.497 e. The first-order valence-corrected chi connectivity index (χ1v) is 6.30. The van der Waals surface area contributed by atoms with E-state index in [0.717, 1.165) is 25.3 Å². The van der Waals surface area contributed by atoms with Gasteiger partial charge < -0.3 is 13.7 Å². The molecule has 0 bridgehead atoms. The van der Waals surface area contributed by atoms with Crippen LogP contribution in [-0.2, 0) is 14.9 Å². The lowest BCUT2D eigenvalue weighted by Crippen LogP contribution is -2.28. The highest BCUT2D eigenvalue weighted by atomic mass is 32.2. The number of benzene rings is 1. The van der Waals surface area contributed by atoms with Crippen LogP contribution < -0.4 is 8.92 Å². The van der Waals surface area contributed by atoms with Crippen LogP contribution in [0.4, 0.5) is 13.2 Å². The molecule has 1 aromatic carbocycles. The maximum Gasteiger partial charge on any atom is 0.534 e. The molecule has 0 radical (unpaired) electrons. The van der Waals surface area contributed by atoms with Gasteiger partial charge in [0.15, 0.2) is 5.75 Å². The molecule has 0 spiro atoms. The lowest BCUT2D eigenvalue weighted by Gasteiger charge is -2.12. The van der Waals surface area contributed by atoms with Crippen LogP contribution in [0, 0.1) is 0 Å². The van der Waals surface area contributed by atoms with Gasteiger partial charge in [-0.1, -0.05) is 0 Å². The van der Waals surface area contributed by atoms with E-state index in [1.165, 1.54) is 7.11 Å². The van der Waals surface area contributed by atoms with Crippen molar-refractivity contribution in [2.75, 3.05) is 14.2 Å². The van der Waals surface area contributed by atoms with E-state index in [9.17, 15) is 26.4 Å². The minimum atomic E-state index is -5.88. The van der Waals surface area contributed by atoms with Crippen molar-refractivity contribution in [2.24, 2.45) is 0 Å². The highest BCUT2D eigenvalue weighted by Crippen LogP contribution is 2.31. The molecule has 112 valence electrons. The normalized spacial score (nSPS) is 11.8. The molecule has 0 aliphatic heterocycles. The van der Waals surface area contributed by atoms with E-state index in [2.05, 4.69) is 8.92 Å². The zero-order valence-corrected chi connectivity index (χ0v) is 11.0. The van der Waals surface area contributed by atoms with Crippen molar-refractivity contribution in [1.29, 1.82) is 0 Å². The minimum absolute atomic E-state index is 0.113. The standard InChI is InChI=1S/C10H9F3O6S/c1-17-6-3-4-8(7(5-6)9(14)18-2)19-20(15,16)10(11,12)13/h3-5H,1-2H3. The Morgan fingerprint density at radius 3 is 2.25 bits per heavy atom. The summed E-state index contributed by atoms with van der Waals surface area (Å²) in [6, 6.07) is 2.98. The Hall–Kier alpha value is -1.97. The number of methoxy groups -OCH3 is 2. The Bertz CT molecular complexity index is 608. The van der Waals surface area contributed by atoms with Crippen LogP contribution in [0.3, 0.4) is 0 Å². The van der Waals surface area contributed by atoms with Crippen molar-refractivity contribution in [2.45, 2.75) is 5.51 Å². The fourth-order valence-corrected chi connectivity index (χ4v) is 1.62. The van der Waals surface area contributed by atoms with Gasteiger partial charge in [-0.15, -0.1) is 0 Å². The molecule has 10 heteroatoms. The molecule has 0 aromatic heterocycles. The lowest BCUT2D eigenvalue weighted by molar-refractivity contribution is -0.0500. The maximum atomic E-state index is 12.2. The third-order valence-corrected chi connectivity index (χ3v) is 3.04. The van der Waals surface area contributed by atoms with Gasteiger partial charge in [-0.2, -0.15) is 21.6 Å². The van der Waals surface area contributed by atoms with Gasteiger partial charge in [0.1, 0.15) is 11.3 Å². The monoisotopic (exact) mass is 314 g/mol. The predicted octanol–water partition coefficient (Wildman–Crippen LogP) is 1.71. The topological polar surface area (TPSA) is 78.9 Å².